The van der Waals surface area contributed by atoms with Crippen molar-refractivity contribution in [2.75, 3.05) is 6.54 Å². The van der Waals surface area contributed by atoms with Gasteiger partial charge in [-0.25, -0.2) is 0 Å². The first-order valence-corrected chi connectivity index (χ1v) is 10.2. The molecule has 1 fully saturated rings. The van der Waals surface area contributed by atoms with Crippen LogP contribution in [0.25, 0.3) is 0 Å². The Morgan fingerprint density at radius 1 is 0.967 bits per heavy atom. The van der Waals surface area contributed by atoms with Crippen molar-refractivity contribution >= 4 is 17.7 Å². The minimum Gasteiger partial charge on any atom is -0.368 e. The van der Waals surface area contributed by atoms with E-state index in [-0.39, 0.29) is 11.8 Å². The average molecular weight is 409 g/mol. The summed E-state index contributed by atoms with van der Waals surface area (Å²) in [5, 5.41) is 2.73. The van der Waals surface area contributed by atoms with Crippen molar-refractivity contribution in [2.45, 2.75) is 43.8 Å². The summed E-state index contributed by atoms with van der Waals surface area (Å²) in [5.74, 6) is -1.23. The molecular weight excluding hydrogens is 380 g/mol. The maximum Gasteiger partial charge on any atom is 0.243 e. The van der Waals surface area contributed by atoms with E-state index < -0.39 is 24.0 Å². The second-order valence-electron chi connectivity index (χ2n) is 7.64. The first kappa shape index (κ1) is 21.5. The van der Waals surface area contributed by atoms with Crippen LogP contribution in [0.3, 0.4) is 0 Å². The van der Waals surface area contributed by atoms with Crippen LogP contribution >= 0.6 is 0 Å². The summed E-state index contributed by atoms with van der Waals surface area (Å²) in [6.45, 7) is 0.472. The second-order valence-corrected chi connectivity index (χ2v) is 7.64. The van der Waals surface area contributed by atoms with Gasteiger partial charge in [-0.15, -0.1) is 0 Å². The molecule has 0 aromatic heterocycles. The summed E-state index contributed by atoms with van der Waals surface area (Å²) in [6.07, 6.45) is 1.95. The molecule has 2 aromatic carbocycles. The van der Waals surface area contributed by atoms with Crippen molar-refractivity contribution in [1.82, 2.24) is 10.2 Å². The topological polar surface area (TPSA) is 119 Å². The van der Waals surface area contributed by atoms with Gasteiger partial charge in [0, 0.05) is 13.0 Å². The molecule has 3 atom stereocenters. The number of hydrogen-bond acceptors (Lipinski definition) is 4. The van der Waals surface area contributed by atoms with Crippen LogP contribution in [0.15, 0.2) is 60.7 Å². The SMILES string of the molecule is NC(=O)[C@H](Cc1ccccc1)NC(=O)[C@@H]1CCCN1C(=O)[C@@H](N)Cc1ccccc1. The van der Waals surface area contributed by atoms with Gasteiger partial charge < -0.3 is 21.7 Å². The van der Waals surface area contributed by atoms with Gasteiger partial charge in [0.1, 0.15) is 12.1 Å². The van der Waals surface area contributed by atoms with E-state index in [1.807, 2.05) is 60.7 Å². The third-order valence-electron chi connectivity index (χ3n) is 5.40. The van der Waals surface area contributed by atoms with Crippen molar-refractivity contribution in [2.24, 2.45) is 11.5 Å². The number of benzene rings is 2. The fourth-order valence-corrected chi connectivity index (χ4v) is 3.81. The molecule has 30 heavy (non-hydrogen) atoms. The molecule has 5 N–H and O–H groups in total. The zero-order valence-electron chi connectivity index (χ0n) is 16.9. The Morgan fingerprint density at radius 2 is 1.53 bits per heavy atom. The number of carbonyl (C=O) groups is 3. The Hall–Kier alpha value is -3.19. The summed E-state index contributed by atoms with van der Waals surface area (Å²) in [4.78, 5) is 39.2. The third-order valence-corrected chi connectivity index (χ3v) is 5.40. The van der Waals surface area contributed by atoms with Crippen LogP contribution in [0.5, 0.6) is 0 Å². The quantitative estimate of drug-likeness (QED) is 0.597. The predicted octanol–water partition coefficient (Wildman–Crippen LogP) is 0.760. The second kappa shape index (κ2) is 10.0. The Labute approximate surface area is 176 Å². The van der Waals surface area contributed by atoms with E-state index in [1.54, 1.807) is 0 Å². The molecule has 3 rings (SSSR count). The lowest BCUT2D eigenvalue weighted by Gasteiger charge is -2.28. The number of carbonyl (C=O) groups excluding carboxylic acids is 3. The highest BCUT2D eigenvalue weighted by atomic mass is 16.2. The molecule has 1 aliphatic rings. The summed E-state index contributed by atoms with van der Waals surface area (Å²) in [6, 6.07) is 16.7. The third kappa shape index (κ3) is 5.45. The van der Waals surface area contributed by atoms with E-state index in [1.165, 1.54) is 4.90 Å². The van der Waals surface area contributed by atoms with Crippen molar-refractivity contribution in [3.8, 4) is 0 Å². The summed E-state index contributed by atoms with van der Waals surface area (Å²) < 4.78 is 0. The maximum atomic E-state index is 12.9. The van der Waals surface area contributed by atoms with Crippen LogP contribution in [0.2, 0.25) is 0 Å². The Balaban J connectivity index is 1.63. The average Bonchev–Trinajstić information content (AvgIpc) is 3.24. The van der Waals surface area contributed by atoms with Gasteiger partial charge in [0.15, 0.2) is 0 Å². The summed E-state index contributed by atoms with van der Waals surface area (Å²) in [5.41, 5.74) is 13.5. The normalized spacial score (nSPS) is 17.9. The van der Waals surface area contributed by atoms with Crippen LogP contribution in [-0.2, 0) is 27.2 Å². The zero-order valence-corrected chi connectivity index (χ0v) is 16.9. The summed E-state index contributed by atoms with van der Waals surface area (Å²) in [7, 11) is 0. The van der Waals surface area contributed by atoms with E-state index in [2.05, 4.69) is 5.32 Å². The van der Waals surface area contributed by atoms with Gasteiger partial charge in [-0.1, -0.05) is 60.7 Å². The molecule has 0 spiro atoms. The molecule has 7 heteroatoms. The van der Waals surface area contributed by atoms with Crippen LogP contribution in [0, 0.1) is 0 Å². The monoisotopic (exact) mass is 408 g/mol. The fourth-order valence-electron chi connectivity index (χ4n) is 3.81. The number of amides is 3. The largest absolute Gasteiger partial charge is 0.368 e. The molecule has 2 aromatic rings. The number of nitrogens with zero attached hydrogens (tertiary/aromatic N) is 1. The molecular formula is C23H28N4O3. The Bertz CT molecular complexity index is 873. The van der Waals surface area contributed by atoms with Gasteiger partial charge in [0.2, 0.25) is 17.7 Å². The van der Waals surface area contributed by atoms with Crippen molar-refractivity contribution in [1.29, 1.82) is 0 Å². The van der Waals surface area contributed by atoms with Crippen LogP contribution in [-0.4, -0.2) is 47.3 Å². The lowest BCUT2D eigenvalue weighted by atomic mass is 10.0. The first-order valence-electron chi connectivity index (χ1n) is 10.2. The van der Waals surface area contributed by atoms with Gasteiger partial charge >= 0.3 is 0 Å². The lowest BCUT2D eigenvalue weighted by Crippen LogP contribution is -2.55. The molecule has 0 unspecified atom stereocenters. The number of rotatable bonds is 8. The molecule has 0 radical (unpaired) electrons. The molecule has 1 aliphatic heterocycles. The highest BCUT2D eigenvalue weighted by molar-refractivity contribution is 5.93. The summed E-state index contributed by atoms with van der Waals surface area (Å²) >= 11 is 0. The minimum absolute atomic E-state index is 0.254. The molecule has 0 bridgehead atoms. The van der Waals surface area contributed by atoms with E-state index in [0.29, 0.717) is 32.2 Å². The van der Waals surface area contributed by atoms with Gasteiger partial charge in [0.05, 0.1) is 6.04 Å². The number of nitrogens with two attached hydrogens (primary N) is 2. The van der Waals surface area contributed by atoms with Gasteiger partial charge in [-0.05, 0) is 30.4 Å². The Kier molecular flexibility index (Phi) is 7.19. The number of hydrogen-bond donors (Lipinski definition) is 3. The molecule has 3 amide bonds. The molecule has 1 heterocycles. The zero-order chi connectivity index (χ0) is 21.5. The van der Waals surface area contributed by atoms with E-state index in [4.69, 9.17) is 11.5 Å². The molecule has 1 saturated heterocycles. The molecule has 0 aliphatic carbocycles. The first-order chi connectivity index (χ1) is 14.5. The molecule has 7 nitrogen and oxygen atoms in total. The van der Waals surface area contributed by atoms with E-state index in [0.717, 1.165) is 11.1 Å². The van der Waals surface area contributed by atoms with Crippen molar-refractivity contribution < 1.29 is 14.4 Å². The lowest BCUT2D eigenvalue weighted by molar-refractivity contribution is -0.140. The number of primary amides is 1. The highest BCUT2D eigenvalue weighted by Crippen LogP contribution is 2.19. The van der Waals surface area contributed by atoms with Gasteiger partial charge in [-0.3, -0.25) is 14.4 Å². The highest BCUT2D eigenvalue weighted by Gasteiger charge is 2.37. The maximum absolute atomic E-state index is 12.9. The van der Waals surface area contributed by atoms with Crippen LogP contribution < -0.4 is 16.8 Å². The minimum atomic E-state index is -0.838. The van der Waals surface area contributed by atoms with Crippen molar-refractivity contribution in [3.63, 3.8) is 0 Å². The van der Waals surface area contributed by atoms with Crippen LogP contribution in [0.4, 0.5) is 0 Å². The van der Waals surface area contributed by atoms with Crippen molar-refractivity contribution in [3.05, 3.63) is 71.8 Å². The van der Waals surface area contributed by atoms with Gasteiger partial charge in [-0.2, -0.15) is 0 Å². The predicted molar refractivity (Wildman–Crippen MR) is 114 cm³/mol. The van der Waals surface area contributed by atoms with E-state index >= 15 is 0 Å². The smallest absolute Gasteiger partial charge is 0.243 e. The Morgan fingerprint density at radius 3 is 2.10 bits per heavy atom. The molecule has 158 valence electrons. The number of nitrogens with one attached hydrogen (secondary N) is 1. The van der Waals surface area contributed by atoms with E-state index in [9.17, 15) is 14.4 Å². The molecule has 0 saturated carbocycles. The van der Waals surface area contributed by atoms with Crippen LogP contribution in [0.1, 0.15) is 24.0 Å². The standard InChI is InChI=1S/C23H28N4O3/c24-18(14-16-8-3-1-4-9-16)23(30)27-13-7-12-20(27)22(29)26-19(21(25)28)15-17-10-5-2-6-11-17/h1-6,8-11,18-20H,7,12-15,24H2,(H2,25,28)(H,26,29)/t18-,19-,20-/m0/s1. The fraction of sp³-hybridized carbons (Fsp3) is 0.348. The number of likely N-dealkylation sites (tertiary alicyclic amines) is 1. The van der Waals surface area contributed by atoms with Gasteiger partial charge in [0.25, 0.3) is 0 Å².